The maximum atomic E-state index is 11.3. The molecule has 2 atom stereocenters. The number of carbonyl (C=O) groups excluding carboxylic acids is 2. The largest absolute Gasteiger partial charge is 0.466 e. The van der Waals surface area contributed by atoms with Gasteiger partial charge in [0.15, 0.2) is 0 Å². The molecule has 1 amide bonds. The summed E-state index contributed by atoms with van der Waals surface area (Å²) in [6.45, 7) is 6.86. The fourth-order valence-corrected chi connectivity index (χ4v) is 2.38. The molecule has 0 bridgehead atoms. The van der Waals surface area contributed by atoms with Crippen molar-refractivity contribution in [2.75, 3.05) is 6.61 Å². The van der Waals surface area contributed by atoms with E-state index in [1.165, 1.54) is 0 Å². The van der Waals surface area contributed by atoms with E-state index in [1.807, 2.05) is 50.3 Å². The Balaban J connectivity index is 2.35. The van der Waals surface area contributed by atoms with Crippen LogP contribution in [0, 0.1) is 5.92 Å². The molecule has 0 aliphatic carbocycles. The summed E-state index contributed by atoms with van der Waals surface area (Å²) in [4.78, 5) is 22.1. The molecule has 0 saturated heterocycles. The maximum absolute atomic E-state index is 11.3. The van der Waals surface area contributed by atoms with Gasteiger partial charge >= 0.3 is 5.97 Å². The van der Waals surface area contributed by atoms with Gasteiger partial charge in [0.05, 0.1) is 19.3 Å². The Labute approximate surface area is 156 Å². The Morgan fingerprint density at radius 2 is 1.85 bits per heavy atom. The number of carbonyl (C=O) groups is 2. The van der Waals surface area contributed by atoms with Gasteiger partial charge in [-0.2, -0.15) is 0 Å². The van der Waals surface area contributed by atoms with E-state index < -0.39 is 0 Å². The summed E-state index contributed by atoms with van der Waals surface area (Å²) in [7, 11) is 0. The molecule has 0 saturated carbocycles. The summed E-state index contributed by atoms with van der Waals surface area (Å²) in [6.07, 6.45) is 6.25. The third kappa shape index (κ3) is 9.37. The van der Waals surface area contributed by atoms with Gasteiger partial charge in [0.1, 0.15) is 0 Å². The first-order valence-corrected chi connectivity index (χ1v) is 9.23. The lowest BCUT2D eigenvalue weighted by Crippen LogP contribution is -2.20. The number of hydrogen-bond acceptors (Lipinski definition) is 4. The second-order valence-electron chi connectivity index (χ2n) is 6.49. The first kappa shape index (κ1) is 21.9. The van der Waals surface area contributed by atoms with Crippen molar-refractivity contribution in [2.45, 2.75) is 59.2 Å². The predicted molar refractivity (Wildman–Crippen MR) is 103 cm³/mol. The van der Waals surface area contributed by atoms with Crippen LogP contribution in [0.1, 0.15) is 57.6 Å². The Morgan fingerprint density at radius 3 is 2.46 bits per heavy atom. The van der Waals surface area contributed by atoms with Crippen molar-refractivity contribution in [1.29, 1.82) is 0 Å². The molecule has 26 heavy (non-hydrogen) atoms. The quantitative estimate of drug-likeness (QED) is 0.574. The van der Waals surface area contributed by atoms with E-state index in [1.54, 1.807) is 0 Å². The second kappa shape index (κ2) is 12.3. The van der Waals surface area contributed by atoms with Crippen molar-refractivity contribution >= 4 is 18.0 Å². The summed E-state index contributed by atoms with van der Waals surface area (Å²) in [5.74, 6) is -0.150. The SMILES string of the molecule is CCOC(=O)CC/C=C/c1ccc(CO[C@H](C)[C@@H](C)CCC(N)=O)cc1. The Hall–Kier alpha value is -2.14. The normalized spacial score (nSPS) is 13.5. The first-order chi connectivity index (χ1) is 12.4. The number of hydrogen-bond donors (Lipinski definition) is 1. The molecule has 2 N–H and O–H groups in total. The summed E-state index contributed by atoms with van der Waals surface area (Å²) < 4.78 is 10.8. The highest BCUT2D eigenvalue weighted by atomic mass is 16.5. The monoisotopic (exact) mass is 361 g/mol. The number of esters is 1. The summed E-state index contributed by atoms with van der Waals surface area (Å²) in [6, 6.07) is 8.12. The molecule has 1 aromatic carbocycles. The van der Waals surface area contributed by atoms with Gasteiger partial charge in [-0.3, -0.25) is 9.59 Å². The molecule has 0 aromatic heterocycles. The van der Waals surface area contributed by atoms with Gasteiger partial charge in [-0.1, -0.05) is 43.3 Å². The van der Waals surface area contributed by atoms with Crippen LogP contribution in [0.25, 0.3) is 6.08 Å². The number of allylic oxidation sites excluding steroid dienone is 1. The van der Waals surface area contributed by atoms with E-state index in [4.69, 9.17) is 15.2 Å². The highest BCUT2D eigenvalue weighted by molar-refractivity contribution is 5.73. The van der Waals surface area contributed by atoms with Crippen LogP contribution in [0.15, 0.2) is 30.3 Å². The van der Waals surface area contributed by atoms with E-state index in [0.29, 0.717) is 32.5 Å². The van der Waals surface area contributed by atoms with Crippen LogP contribution in [0.5, 0.6) is 0 Å². The van der Waals surface area contributed by atoms with E-state index >= 15 is 0 Å². The van der Waals surface area contributed by atoms with Crippen LogP contribution in [-0.2, 0) is 25.7 Å². The van der Waals surface area contributed by atoms with Crippen molar-refractivity contribution in [3.8, 4) is 0 Å². The van der Waals surface area contributed by atoms with Crippen LogP contribution in [0.4, 0.5) is 0 Å². The molecule has 5 nitrogen and oxygen atoms in total. The van der Waals surface area contributed by atoms with Gasteiger partial charge in [-0.25, -0.2) is 0 Å². The van der Waals surface area contributed by atoms with Gasteiger partial charge < -0.3 is 15.2 Å². The minimum Gasteiger partial charge on any atom is -0.466 e. The molecule has 0 aliphatic heterocycles. The highest BCUT2D eigenvalue weighted by Crippen LogP contribution is 2.16. The van der Waals surface area contributed by atoms with Crippen molar-refractivity contribution in [2.24, 2.45) is 11.7 Å². The zero-order chi connectivity index (χ0) is 19.4. The molecule has 0 fully saturated rings. The number of nitrogens with two attached hydrogens (primary N) is 1. The van der Waals surface area contributed by atoms with Crippen LogP contribution < -0.4 is 5.73 Å². The molecule has 0 spiro atoms. The van der Waals surface area contributed by atoms with Gasteiger partial charge in [0.25, 0.3) is 0 Å². The summed E-state index contributed by atoms with van der Waals surface area (Å²) in [5.41, 5.74) is 7.37. The third-order valence-corrected chi connectivity index (χ3v) is 4.27. The Morgan fingerprint density at radius 1 is 1.15 bits per heavy atom. The molecule has 5 heteroatoms. The molecule has 0 aliphatic rings. The van der Waals surface area contributed by atoms with Crippen LogP contribution in [-0.4, -0.2) is 24.6 Å². The van der Waals surface area contributed by atoms with Gasteiger partial charge in [0, 0.05) is 12.8 Å². The Bertz CT molecular complexity index is 580. The topological polar surface area (TPSA) is 78.6 Å². The summed E-state index contributed by atoms with van der Waals surface area (Å²) >= 11 is 0. The molecular formula is C21H31NO4. The minimum atomic E-state index is -0.269. The predicted octanol–water partition coefficient (Wildman–Crippen LogP) is 3.85. The fourth-order valence-electron chi connectivity index (χ4n) is 2.38. The number of primary amides is 1. The zero-order valence-electron chi connectivity index (χ0n) is 16.1. The van der Waals surface area contributed by atoms with Crippen LogP contribution >= 0.6 is 0 Å². The minimum absolute atomic E-state index is 0.0665. The molecule has 0 heterocycles. The number of amides is 1. The number of benzene rings is 1. The fraction of sp³-hybridized carbons (Fsp3) is 0.524. The lowest BCUT2D eigenvalue weighted by Gasteiger charge is -2.20. The average Bonchev–Trinajstić information content (AvgIpc) is 2.62. The Kier molecular flexibility index (Phi) is 10.3. The van der Waals surface area contributed by atoms with E-state index in [2.05, 4.69) is 6.92 Å². The molecular weight excluding hydrogens is 330 g/mol. The van der Waals surface area contributed by atoms with E-state index in [0.717, 1.165) is 17.5 Å². The lowest BCUT2D eigenvalue weighted by atomic mass is 10.00. The van der Waals surface area contributed by atoms with Crippen LogP contribution in [0.2, 0.25) is 0 Å². The van der Waals surface area contributed by atoms with Crippen molar-refractivity contribution < 1.29 is 19.1 Å². The van der Waals surface area contributed by atoms with Crippen molar-refractivity contribution in [3.63, 3.8) is 0 Å². The van der Waals surface area contributed by atoms with Crippen molar-refractivity contribution in [3.05, 3.63) is 41.5 Å². The number of ether oxygens (including phenoxy) is 2. The van der Waals surface area contributed by atoms with E-state index in [9.17, 15) is 9.59 Å². The zero-order valence-corrected chi connectivity index (χ0v) is 16.1. The summed E-state index contributed by atoms with van der Waals surface area (Å²) in [5, 5.41) is 0. The lowest BCUT2D eigenvalue weighted by molar-refractivity contribution is -0.143. The average molecular weight is 361 g/mol. The molecule has 144 valence electrons. The van der Waals surface area contributed by atoms with Crippen LogP contribution in [0.3, 0.4) is 0 Å². The van der Waals surface area contributed by atoms with Gasteiger partial charge in [-0.15, -0.1) is 0 Å². The third-order valence-electron chi connectivity index (χ3n) is 4.27. The standard InChI is InChI=1S/C21H31NO4/c1-4-25-21(24)8-6-5-7-18-10-12-19(13-11-18)15-26-17(3)16(2)9-14-20(22)23/h5,7,10-13,16-17H,4,6,8-9,14-15H2,1-3H3,(H2,22,23)/b7-5+/t16-,17+/m0/s1. The molecule has 0 unspecified atom stereocenters. The molecule has 1 aromatic rings. The maximum Gasteiger partial charge on any atom is 0.306 e. The van der Waals surface area contributed by atoms with Crippen molar-refractivity contribution in [1.82, 2.24) is 0 Å². The molecule has 1 rings (SSSR count). The van der Waals surface area contributed by atoms with E-state index in [-0.39, 0.29) is 23.9 Å². The van der Waals surface area contributed by atoms with Gasteiger partial charge in [-0.05, 0) is 43.7 Å². The second-order valence-corrected chi connectivity index (χ2v) is 6.49. The first-order valence-electron chi connectivity index (χ1n) is 9.23. The molecule has 0 radical (unpaired) electrons. The number of rotatable bonds is 12. The smallest absolute Gasteiger partial charge is 0.306 e. The highest BCUT2D eigenvalue weighted by Gasteiger charge is 2.13. The van der Waals surface area contributed by atoms with Gasteiger partial charge in [0.2, 0.25) is 5.91 Å².